The molecule has 1 rings (SSSR count). The minimum absolute atomic E-state index is 0.846. The largest absolute Gasteiger partial charge is 0.0651 e. The van der Waals surface area contributed by atoms with Crippen LogP contribution in [-0.2, 0) is 0 Å². The second kappa shape index (κ2) is 5.37. The second-order valence-electron chi connectivity index (χ2n) is 6.36. The summed E-state index contributed by atoms with van der Waals surface area (Å²) in [5.41, 5.74) is 0. The molecule has 5 unspecified atom stereocenters. The second-order valence-corrected chi connectivity index (χ2v) is 6.36. The number of rotatable bonds is 6. The average Bonchev–Trinajstić information content (AvgIpc) is 2.90. The zero-order valence-electron chi connectivity index (χ0n) is 11.6. The van der Waals surface area contributed by atoms with E-state index in [0.29, 0.717) is 0 Å². The Morgan fingerprint density at radius 2 is 1.67 bits per heavy atom. The zero-order valence-corrected chi connectivity index (χ0v) is 11.6. The highest BCUT2D eigenvalue weighted by Gasteiger charge is 2.38. The van der Waals surface area contributed by atoms with Gasteiger partial charge in [0.15, 0.2) is 0 Å². The van der Waals surface area contributed by atoms with Crippen molar-refractivity contribution in [2.45, 2.75) is 60.8 Å². The molecule has 0 aromatic carbocycles. The molecular formula is C15H30. The van der Waals surface area contributed by atoms with Gasteiger partial charge in [0, 0.05) is 0 Å². The molecule has 0 aliphatic heterocycles. The van der Waals surface area contributed by atoms with Crippen molar-refractivity contribution in [1.29, 1.82) is 0 Å². The molecular weight excluding hydrogens is 180 g/mol. The van der Waals surface area contributed by atoms with Crippen LogP contribution in [0.3, 0.4) is 0 Å². The summed E-state index contributed by atoms with van der Waals surface area (Å²) in [6.45, 7) is 14.4. The van der Waals surface area contributed by atoms with Gasteiger partial charge >= 0.3 is 0 Å². The first-order valence-corrected chi connectivity index (χ1v) is 6.97. The third-order valence-electron chi connectivity index (χ3n) is 4.90. The Bertz CT molecular complexity index is 182. The van der Waals surface area contributed by atoms with Crippen molar-refractivity contribution in [1.82, 2.24) is 0 Å². The molecule has 1 aliphatic rings. The van der Waals surface area contributed by atoms with E-state index < -0.39 is 0 Å². The normalized spacial score (nSPS) is 31.4. The quantitative estimate of drug-likeness (QED) is 0.579. The molecule has 5 atom stereocenters. The van der Waals surface area contributed by atoms with E-state index in [0.717, 1.165) is 35.5 Å². The SMILES string of the molecule is CCC(CC(C)C1CC1C)C(C)C(C)C. The van der Waals surface area contributed by atoms with Gasteiger partial charge in [-0.1, -0.05) is 48.0 Å². The Hall–Kier alpha value is 0. The van der Waals surface area contributed by atoms with Crippen LogP contribution in [0.2, 0.25) is 0 Å². The van der Waals surface area contributed by atoms with Gasteiger partial charge in [-0.2, -0.15) is 0 Å². The van der Waals surface area contributed by atoms with Gasteiger partial charge in [-0.15, -0.1) is 0 Å². The Balaban J connectivity index is 2.39. The summed E-state index contributed by atoms with van der Waals surface area (Å²) in [6.07, 6.45) is 4.32. The van der Waals surface area contributed by atoms with Gasteiger partial charge < -0.3 is 0 Å². The summed E-state index contributed by atoms with van der Waals surface area (Å²) in [4.78, 5) is 0. The molecule has 1 fully saturated rings. The summed E-state index contributed by atoms with van der Waals surface area (Å²) < 4.78 is 0. The van der Waals surface area contributed by atoms with E-state index in [1.807, 2.05) is 0 Å². The van der Waals surface area contributed by atoms with Gasteiger partial charge in [0.2, 0.25) is 0 Å². The molecule has 1 saturated carbocycles. The predicted octanol–water partition coefficient (Wildman–Crippen LogP) is 4.99. The molecule has 0 spiro atoms. The summed E-state index contributed by atoms with van der Waals surface area (Å²) in [5, 5.41) is 0. The van der Waals surface area contributed by atoms with Gasteiger partial charge in [-0.25, -0.2) is 0 Å². The summed E-state index contributed by atoms with van der Waals surface area (Å²) in [5.74, 6) is 5.73. The van der Waals surface area contributed by atoms with E-state index in [1.54, 1.807) is 0 Å². The Morgan fingerprint density at radius 3 is 2.00 bits per heavy atom. The van der Waals surface area contributed by atoms with Crippen molar-refractivity contribution < 1.29 is 0 Å². The summed E-state index contributed by atoms with van der Waals surface area (Å²) in [7, 11) is 0. The fraction of sp³-hybridized carbons (Fsp3) is 1.00. The fourth-order valence-electron chi connectivity index (χ4n) is 3.09. The molecule has 0 amide bonds. The van der Waals surface area contributed by atoms with E-state index in [9.17, 15) is 0 Å². The fourth-order valence-corrected chi connectivity index (χ4v) is 3.09. The van der Waals surface area contributed by atoms with Crippen LogP contribution in [0, 0.1) is 35.5 Å². The van der Waals surface area contributed by atoms with E-state index in [1.165, 1.54) is 19.3 Å². The highest BCUT2D eigenvalue weighted by atomic mass is 14.4. The minimum Gasteiger partial charge on any atom is -0.0651 e. The first-order chi connectivity index (χ1) is 6.97. The lowest BCUT2D eigenvalue weighted by Crippen LogP contribution is -2.19. The molecule has 0 N–H and O–H groups in total. The molecule has 0 heteroatoms. The van der Waals surface area contributed by atoms with Gasteiger partial charge in [0.1, 0.15) is 0 Å². The molecule has 0 heterocycles. The molecule has 90 valence electrons. The van der Waals surface area contributed by atoms with Crippen LogP contribution in [0.5, 0.6) is 0 Å². The van der Waals surface area contributed by atoms with Crippen LogP contribution in [-0.4, -0.2) is 0 Å². The van der Waals surface area contributed by atoms with E-state index in [-0.39, 0.29) is 0 Å². The van der Waals surface area contributed by atoms with E-state index in [4.69, 9.17) is 0 Å². The van der Waals surface area contributed by atoms with Gasteiger partial charge in [-0.05, 0) is 48.3 Å². The van der Waals surface area contributed by atoms with Gasteiger partial charge in [0.05, 0.1) is 0 Å². The standard InChI is InChI=1S/C15H30/c1-7-14(13(6)10(2)3)8-11(4)15-9-12(15)5/h10-15H,7-9H2,1-6H3. The lowest BCUT2D eigenvalue weighted by atomic mass is 9.77. The van der Waals surface area contributed by atoms with Crippen LogP contribution < -0.4 is 0 Å². The third-order valence-corrected chi connectivity index (χ3v) is 4.90. The van der Waals surface area contributed by atoms with Crippen molar-refractivity contribution in [3.05, 3.63) is 0 Å². The maximum Gasteiger partial charge on any atom is -0.0360 e. The van der Waals surface area contributed by atoms with Crippen molar-refractivity contribution in [3.63, 3.8) is 0 Å². The van der Waals surface area contributed by atoms with Crippen LogP contribution in [0.25, 0.3) is 0 Å². The highest BCUT2D eigenvalue weighted by Crippen LogP contribution is 2.46. The van der Waals surface area contributed by atoms with Crippen LogP contribution in [0.4, 0.5) is 0 Å². The first-order valence-electron chi connectivity index (χ1n) is 6.97. The molecule has 0 nitrogen and oxygen atoms in total. The minimum atomic E-state index is 0.846. The van der Waals surface area contributed by atoms with Gasteiger partial charge in [-0.3, -0.25) is 0 Å². The zero-order chi connectivity index (χ0) is 11.6. The number of hydrogen-bond donors (Lipinski definition) is 0. The monoisotopic (exact) mass is 210 g/mol. The first kappa shape index (κ1) is 13.1. The van der Waals surface area contributed by atoms with Crippen LogP contribution >= 0.6 is 0 Å². The molecule has 0 bridgehead atoms. The maximum atomic E-state index is 2.48. The van der Waals surface area contributed by atoms with Crippen molar-refractivity contribution in [2.24, 2.45) is 35.5 Å². The van der Waals surface area contributed by atoms with Crippen LogP contribution in [0.15, 0.2) is 0 Å². The smallest absolute Gasteiger partial charge is 0.0360 e. The molecule has 1 aliphatic carbocycles. The molecule has 0 saturated heterocycles. The van der Waals surface area contributed by atoms with Gasteiger partial charge in [0.25, 0.3) is 0 Å². The van der Waals surface area contributed by atoms with Crippen LogP contribution in [0.1, 0.15) is 60.8 Å². The predicted molar refractivity (Wildman–Crippen MR) is 68.8 cm³/mol. The topological polar surface area (TPSA) is 0 Å². The molecule has 0 aromatic heterocycles. The summed E-state index contributed by atoms with van der Waals surface area (Å²) in [6, 6.07) is 0. The lowest BCUT2D eigenvalue weighted by Gasteiger charge is -2.28. The molecule has 0 aromatic rings. The highest BCUT2D eigenvalue weighted by molar-refractivity contribution is 4.87. The summed E-state index contributed by atoms with van der Waals surface area (Å²) >= 11 is 0. The Labute approximate surface area is 96.8 Å². The van der Waals surface area contributed by atoms with E-state index >= 15 is 0 Å². The lowest BCUT2D eigenvalue weighted by molar-refractivity contribution is 0.217. The van der Waals surface area contributed by atoms with Crippen molar-refractivity contribution in [2.75, 3.05) is 0 Å². The molecule has 0 radical (unpaired) electrons. The number of hydrogen-bond acceptors (Lipinski definition) is 0. The molecule has 15 heavy (non-hydrogen) atoms. The van der Waals surface area contributed by atoms with E-state index in [2.05, 4.69) is 41.5 Å². The Kier molecular flexibility index (Phi) is 4.67. The average molecular weight is 210 g/mol. The van der Waals surface area contributed by atoms with Crippen molar-refractivity contribution >= 4 is 0 Å². The van der Waals surface area contributed by atoms with Crippen molar-refractivity contribution in [3.8, 4) is 0 Å². The maximum absolute atomic E-state index is 2.48. The Morgan fingerprint density at radius 1 is 1.13 bits per heavy atom. The third kappa shape index (κ3) is 3.50.